The minimum atomic E-state index is -0.00788. The Kier molecular flexibility index (Phi) is 3.10. The first-order valence-electron chi connectivity index (χ1n) is 8.91. The summed E-state index contributed by atoms with van der Waals surface area (Å²) < 4.78 is 5.41. The van der Waals surface area contributed by atoms with Crippen LogP contribution in [0.25, 0.3) is 10.9 Å². The Labute approximate surface area is 141 Å². The second-order valence-electron chi connectivity index (χ2n) is 7.24. The number of aromatic nitrogens is 1. The number of para-hydroxylation sites is 1. The van der Waals surface area contributed by atoms with Gasteiger partial charge in [0.1, 0.15) is 6.61 Å². The Bertz CT molecular complexity index is 850. The first kappa shape index (κ1) is 14.3. The fraction of sp³-hybridized carbons (Fsp3) is 0.450. The van der Waals surface area contributed by atoms with Crippen LogP contribution < -0.4 is 0 Å². The summed E-state index contributed by atoms with van der Waals surface area (Å²) in [6.07, 6.45) is 4.22. The molecule has 2 fully saturated rings. The number of ether oxygens (including phenoxy) is 1. The van der Waals surface area contributed by atoms with E-state index in [1.54, 1.807) is 0 Å². The molecule has 1 aromatic heterocycles. The molecule has 4 heterocycles. The Balaban J connectivity index is 1.57. The number of carbonyl (C=O) groups is 1. The summed E-state index contributed by atoms with van der Waals surface area (Å²) in [6, 6.07) is 8.99. The van der Waals surface area contributed by atoms with Gasteiger partial charge in [-0.1, -0.05) is 24.3 Å². The topological polar surface area (TPSA) is 45.3 Å². The fourth-order valence-corrected chi connectivity index (χ4v) is 4.95. The van der Waals surface area contributed by atoms with Crippen LogP contribution in [0, 0.1) is 11.8 Å². The summed E-state index contributed by atoms with van der Waals surface area (Å²) in [6.45, 7) is 4.39. The predicted molar refractivity (Wildman–Crippen MR) is 92.6 cm³/mol. The second-order valence-corrected chi connectivity index (χ2v) is 7.24. The van der Waals surface area contributed by atoms with E-state index in [9.17, 15) is 4.79 Å². The summed E-state index contributed by atoms with van der Waals surface area (Å²) in [4.78, 5) is 18.4. The third-order valence-corrected chi connectivity index (χ3v) is 6.19. The van der Waals surface area contributed by atoms with Crippen molar-refractivity contribution in [2.24, 2.45) is 11.8 Å². The number of benzene rings is 1. The van der Waals surface area contributed by atoms with Crippen molar-refractivity contribution in [3.63, 3.8) is 0 Å². The molecule has 0 saturated carbocycles. The molecule has 1 aromatic carbocycles. The summed E-state index contributed by atoms with van der Waals surface area (Å²) >= 11 is 0. The quantitative estimate of drug-likeness (QED) is 0.598. The highest BCUT2D eigenvalue weighted by atomic mass is 16.5. The summed E-state index contributed by atoms with van der Waals surface area (Å²) in [5.74, 6) is 0.327. The van der Waals surface area contributed by atoms with Crippen molar-refractivity contribution < 1.29 is 9.53 Å². The van der Waals surface area contributed by atoms with Crippen LogP contribution in [0.4, 0.5) is 0 Å². The van der Waals surface area contributed by atoms with E-state index in [1.807, 2.05) is 0 Å². The first-order valence-corrected chi connectivity index (χ1v) is 8.91. The molecule has 3 aliphatic rings. The number of esters is 1. The third kappa shape index (κ3) is 1.92. The van der Waals surface area contributed by atoms with Crippen LogP contribution in [-0.4, -0.2) is 35.5 Å². The number of piperidine rings is 1. The number of carbonyl (C=O) groups excluding carboxylic acids is 1. The predicted octanol–water partition coefficient (Wildman–Crippen LogP) is 3.21. The van der Waals surface area contributed by atoms with Crippen molar-refractivity contribution in [2.45, 2.75) is 25.8 Å². The second kappa shape index (κ2) is 5.21. The molecule has 0 aliphatic carbocycles. The number of fused-ring (bicyclic) bond motifs is 6. The van der Waals surface area contributed by atoms with Gasteiger partial charge in [0.2, 0.25) is 0 Å². The molecule has 0 bridgehead atoms. The first-order chi connectivity index (χ1) is 11.8. The van der Waals surface area contributed by atoms with E-state index >= 15 is 0 Å². The number of allylic oxidation sites excluding steroid dienone is 1. The lowest BCUT2D eigenvalue weighted by Crippen LogP contribution is -2.51. The van der Waals surface area contributed by atoms with Crippen molar-refractivity contribution >= 4 is 16.9 Å². The Morgan fingerprint density at radius 3 is 3.04 bits per heavy atom. The average molecular weight is 322 g/mol. The lowest BCUT2D eigenvalue weighted by atomic mass is 9.74. The molecule has 0 amide bonds. The van der Waals surface area contributed by atoms with Crippen LogP contribution in [0.5, 0.6) is 0 Å². The van der Waals surface area contributed by atoms with Crippen LogP contribution in [0.2, 0.25) is 0 Å². The molecular formula is C20H22N2O2. The molecule has 5 rings (SSSR count). The van der Waals surface area contributed by atoms with Gasteiger partial charge in [-0.2, -0.15) is 0 Å². The van der Waals surface area contributed by atoms with E-state index in [4.69, 9.17) is 4.74 Å². The highest BCUT2D eigenvalue weighted by Crippen LogP contribution is 2.46. The molecule has 1 N–H and O–H groups in total. The summed E-state index contributed by atoms with van der Waals surface area (Å²) in [7, 11) is 0. The Morgan fingerprint density at radius 2 is 2.17 bits per heavy atom. The minimum absolute atomic E-state index is 0.00660. The molecule has 24 heavy (non-hydrogen) atoms. The fourth-order valence-electron chi connectivity index (χ4n) is 4.95. The van der Waals surface area contributed by atoms with Crippen LogP contribution in [0.15, 0.2) is 35.9 Å². The van der Waals surface area contributed by atoms with E-state index < -0.39 is 0 Å². The maximum Gasteiger partial charge on any atom is 0.311 e. The van der Waals surface area contributed by atoms with E-state index in [-0.39, 0.29) is 11.9 Å². The number of nitrogens with one attached hydrogen (secondary N) is 1. The zero-order chi connectivity index (χ0) is 16.3. The van der Waals surface area contributed by atoms with Gasteiger partial charge in [0.15, 0.2) is 0 Å². The monoisotopic (exact) mass is 322 g/mol. The normalized spacial score (nSPS) is 31.5. The van der Waals surface area contributed by atoms with E-state index in [0.717, 1.165) is 25.9 Å². The van der Waals surface area contributed by atoms with Gasteiger partial charge in [0.25, 0.3) is 0 Å². The largest absolute Gasteiger partial charge is 0.461 e. The van der Waals surface area contributed by atoms with Crippen molar-refractivity contribution in [1.29, 1.82) is 0 Å². The minimum Gasteiger partial charge on any atom is -0.461 e. The Morgan fingerprint density at radius 1 is 1.29 bits per heavy atom. The number of hydrogen-bond donors (Lipinski definition) is 1. The van der Waals surface area contributed by atoms with Crippen LogP contribution in [0.1, 0.15) is 30.6 Å². The van der Waals surface area contributed by atoms with Gasteiger partial charge in [-0.05, 0) is 42.9 Å². The number of cyclic esters (lactones) is 1. The van der Waals surface area contributed by atoms with Gasteiger partial charge in [0.05, 0.1) is 12.0 Å². The SMILES string of the molecule is C/C=C1\COC(=O)[C@H]2CN3CCc4c([nH]c5ccccc45)[C@@H]3C[C@H]12. The van der Waals surface area contributed by atoms with Crippen molar-refractivity contribution in [1.82, 2.24) is 9.88 Å². The van der Waals surface area contributed by atoms with E-state index in [1.165, 1.54) is 27.7 Å². The lowest BCUT2D eigenvalue weighted by molar-refractivity contribution is -0.157. The van der Waals surface area contributed by atoms with E-state index in [2.05, 4.69) is 47.1 Å². The van der Waals surface area contributed by atoms with Gasteiger partial charge in [-0.3, -0.25) is 9.69 Å². The number of rotatable bonds is 0. The highest BCUT2D eigenvalue weighted by Gasteiger charge is 2.46. The number of H-pyrrole nitrogens is 1. The Hall–Kier alpha value is -2.07. The van der Waals surface area contributed by atoms with Crippen LogP contribution >= 0.6 is 0 Å². The standard InChI is InChI=1S/C20H22N2O2/c1-2-12-11-24-20(23)16-10-22-8-7-14-13-5-3-4-6-17(13)21-19(14)18(22)9-15(12)16/h2-6,15-16,18,21H,7-11H2,1H3/b12-2+/t15-,16+,18+/m1/s1. The molecule has 3 atom stereocenters. The van der Waals surface area contributed by atoms with E-state index in [0.29, 0.717) is 18.6 Å². The molecule has 3 aliphatic heterocycles. The third-order valence-electron chi connectivity index (χ3n) is 6.19. The van der Waals surface area contributed by atoms with Gasteiger partial charge in [0, 0.05) is 29.7 Å². The smallest absolute Gasteiger partial charge is 0.311 e. The van der Waals surface area contributed by atoms with Crippen LogP contribution in [0.3, 0.4) is 0 Å². The molecular weight excluding hydrogens is 300 g/mol. The molecule has 4 nitrogen and oxygen atoms in total. The molecule has 2 aromatic rings. The summed E-state index contributed by atoms with van der Waals surface area (Å²) in [5, 5.41) is 1.36. The number of hydrogen-bond acceptors (Lipinski definition) is 3. The molecule has 0 spiro atoms. The van der Waals surface area contributed by atoms with Crippen molar-refractivity contribution in [3.8, 4) is 0 Å². The average Bonchev–Trinajstić information content (AvgIpc) is 3.00. The number of aromatic amines is 1. The molecule has 0 unspecified atom stereocenters. The van der Waals surface area contributed by atoms with Gasteiger partial charge in [-0.15, -0.1) is 0 Å². The molecule has 0 radical (unpaired) electrons. The molecule has 2 saturated heterocycles. The zero-order valence-corrected chi connectivity index (χ0v) is 13.9. The van der Waals surface area contributed by atoms with Crippen molar-refractivity contribution in [3.05, 3.63) is 47.2 Å². The van der Waals surface area contributed by atoms with Gasteiger partial charge in [-0.25, -0.2) is 0 Å². The van der Waals surface area contributed by atoms with Crippen molar-refractivity contribution in [2.75, 3.05) is 19.7 Å². The maximum atomic E-state index is 12.3. The number of nitrogens with zero attached hydrogens (tertiary/aromatic N) is 1. The molecule has 124 valence electrons. The maximum absolute atomic E-state index is 12.3. The van der Waals surface area contributed by atoms with Gasteiger partial charge < -0.3 is 9.72 Å². The highest BCUT2D eigenvalue weighted by molar-refractivity contribution is 5.85. The molecule has 4 heteroatoms. The summed E-state index contributed by atoms with van der Waals surface area (Å²) in [5.41, 5.74) is 5.38. The van der Waals surface area contributed by atoms with Gasteiger partial charge >= 0.3 is 5.97 Å². The lowest BCUT2D eigenvalue weighted by Gasteiger charge is -2.47. The zero-order valence-electron chi connectivity index (χ0n) is 13.9. The van der Waals surface area contributed by atoms with Crippen LogP contribution in [-0.2, 0) is 16.0 Å².